The number of fused-ring (bicyclic) bond motifs is 1. The number of carbonyl (C=O) groups is 1. The van der Waals surface area contributed by atoms with Crippen LogP contribution in [0.1, 0.15) is 0 Å². The van der Waals surface area contributed by atoms with E-state index in [9.17, 15) is 13.2 Å². The van der Waals surface area contributed by atoms with E-state index in [4.69, 9.17) is 5.11 Å². The lowest BCUT2D eigenvalue weighted by atomic mass is 10.3. The highest BCUT2D eigenvalue weighted by atomic mass is 32.2. The van der Waals surface area contributed by atoms with Crippen LogP contribution in [0, 0.1) is 0 Å². The normalized spacial score (nSPS) is 11.8. The van der Waals surface area contributed by atoms with Crippen molar-refractivity contribution in [1.82, 2.24) is 9.97 Å². The molecule has 0 aliphatic heterocycles. The first-order valence-electron chi connectivity index (χ1n) is 4.91. The van der Waals surface area contributed by atoms with Crippen molar-refractivity contribution in [1.29, 1.82) is 0 Å². The van der Waals surface area contributed by atoms with Gasteiger partial charge in [0.2, 0.25) is 0 Å². The van der Waals surface area contributed by atoms with Crippen molar-refractivity contribution in [3.05, 3.63) is 18.2 Å². The summed E-state index contributed by atoms with van der Waals surface area (Å²) >= 11 is 1.05. The number of sulfone groups is 1. The summed E-state index contributed by atoms with van der Waals surface area (Å²) in [5.74, 6) is -1.03. The van der Waals surface area contributed by atoms with Crippen molar-refractivity contribution in [2.45, 2.75) is 10.1 Å². The second-order valence-electron chi connectivity index (χ2n) is 3.68. The molecule has 0 radical (unpaired) electrons. The molecule has 6 nitrogen and oxygen atoms in total. The second-order valence-corrected chi connectivity index (χ2v) is 6.66. The SMILES string of the molecule is CS(=O)(=O)c1ccc2nc(SCC(=O)O)[nH]c2c1. The highest BCUT2D eigenvalue weighted by molar-refractivity contribution is 7.99. The summed E-state index contributed by atoms with van der Waals surface area (Å²) in [6.07, 6.45) is 1.13. The molecular formula is C10H10N2O4S2. The van der Waals surface area contributed by atoms with Crippen LogP contribution in [0.25, 0.3) is 11.0 Å². The predicted octanol–water partition coefficient (Wildman–Crippen LogP) is 1.14. The van der Waals surface area contributed by atoms with Crippen molar-refractivity contribution in [2.24, 2.45) is 0 Å². The van der Waals surface area contributed by atoms with Crippen LogP contribution in [-0.4, -0.2) is 41.5 Å². The molecule has 1 heterocycles. The lowest BCUT2D eigenvalue weighted by molar-refractivity contribution is -0.133. The highest BCUT2D eigenvalue weighted by Crippen LogP contribution is 2.21. The van der Waals surface area contributed by atoms with Crippen LogP contribution >= 0.6 is 11.8 Å². The molecule has 2 N–H and O–H groups in total. The number of carboxylic acids is 1. The van der Waals surface area contributed by atoms with E-state index in [0.29, 0.717) is 16.2 Å². The summed E-state index contributed by atoms with van der Waals surface area (Å²) in [4.78, 5) is 17.7. The van der Waals surface area contributed by atoms with Gasteiger partial charge in [-0.2, -0.15) is 0 Å². The molecule has 8 heteroatoms. The number of hydrogen-bond donors (Lipinski definition) is 2. The molecule has 0 spiro atoms. The van der Waals surface area contributed by atoms with Crippen LogP contribution in [0.3, 0.4) is 0 Å². The molecule has 0 aliphatic carbocycles. The van der Waals surface area contributed by atoms with E-state index in [1.807, 2.05) is 0 Å². The Kier molecular flexibility index (Phi) is 3.31. The molecule has 18 heavy (non-hydrogen) atoms. The van der Waals surface area contributed by atoms with E-state index in [2.05, 4.69) is 9.97 Å². The summed E-state index contributed by atoms with van der Waals surface area (Å²) < 4.78 is 22.8. The van der Waals surface area contributed by atoms with E-state index >= 15 is 0 Å². The van der Waals surface area contributed by atoms with Gasteiger partial charge in [0.25, 0.3) is 0 Å². The van der Waals surface area contributed by atoms with E-state index in [1.165, 1.54) is 12.1 Å². The van der Waals surface area contributed by atoms with Crippen LogP contribution in [0.4, 0.5) is 0 Å². The van der Waals surface area contributed by atoms with Crippen molar-refractivity contribution < 1.29 is 18.3 Å². The quantitative estimate of drug-likeness (QED) is 0.818. The molecule has 0 saturated heterocycles. The lowest BCUT2D eigenvalue weighted by Gasteiger charge is -1.96. The first-order valence-corrected chi connectivity index (χ1v) is 7.78. The molecule has 96 valence electrons. The van der Waals surface area contributed by atoms with Crippen molar-refractivity contribution >= 4 is 38.6 Å². The fourth-order valence-corrected chi connectivity index (χ4v) is 2.65. The number of aromatic amines is 1. The Morgan fingerprint density at radius 3 is 2.83 bits per heavy atom. The molecule has 2 rings (SSSR count). The summed E-state index contributed by atoms with van der Waals surface area (Å²) in [5, 5.41) is 9.02. The van der Waals surface area contributed by atoms with Gasteiger partial charge in [-0.15, -0.1) is 0 Å². The smallest absolute Gasteiger partial charge is 0.313 e. The maximum atomic E-state index is 11.4. The molecule has 0 amide bonds. The Hall–Kier alpha value is -1.54. The van der Waals surface area contributed by atoms with E-state index in [-0.39, 0.29) is 10.6 Å². The Labute approximate surface area is 107 Å². The standard InChI is InChI=1S/C10H10N2O4S2/c1-18(15,16)6-2-3-7-8(4-6)12-10(11-7)17-5-9(13)14/h2-4H,5H2,1H3,(H,11,12)(H,13,14). The first kappa shape index (κ1) is 12.9. The molecule has 0 unspecified atom stereocenters. The molecule has 2 aromatic rings. The second kappa shape index (κ2) is 4.62. The van der Waals surface area contributed by atoms with Gasteiger partial charge in [0.1, 0.15) is 0 Å². The number of rotatable bonds is 4. The third kappa shape index (κ3) is 2.82. The van der Waals surface area contributed by atoms with Crippen LogP contribution < -0.4 is 0 Å². The number of nitrogens with zero attached hydrogens (tertiary/aromatic N) is 1. The average Bonchev–Trinajstić information content (AvgIpc) is 2.66. The molecule has 0 bridgehead atoms. The third-order valence-electron chi connectivity index (χ3n) is 2.19. The molecule has 0 aliphatic rings. The van der Waals surface area contributed by atoms with Gasteiger partial charge in [-0.25, -0.2) is 13.4 Å². The van der Waals surface area contributed by atoms with Gasteiger partial charge in [-0.1, -0.05) is 11.8 Å². The van der Waals surface area contributed by atoms with Crippen molar-refractivity contribution in [2.75, 3.05) is 12.0 Å². The molecule has 0 atom stereocenters. The zero-order valence-electron chi connectivity index (χ0n) is 9.37. The monoisotopic (exact) mass is 286 g/mol. The largest absolute Gasteiger partial charge is 0.481 e. The van der Waals surface area contributed by atoms with E-state index in [1.54, 1.807) is 6.07 Å². The minimum absolute atomic E-state index is 0.0985. The van der Waals surface area contributed by atoms with Crippen molar-refractivity contribution in [3.8, 4) is 0 Å². The Morgan fingerprint density at radius 1 is 1.50 bits per heavy atom. The number of thioether (sulfide) groups is 1. The molecule has 1 aromatic heterocycles. The van der Waals surface area contributed by atoms with Gasteiger partial charge < -0.3 is 10.1 Å². The fraction of sp³-hybridized carbons (Fsp3) is 0.200. The summed E-state index contributed by atoms with van der Waals surface area (Å²) in [5.41, 5.74) is 1.18. The lowest BCUT2D eigenvalue weighted by Crippen LogP contribution is -1.97. The molecular weight excluding hydrogens is 276 g/mol. The zero-order valence-corrected chi connectivity index (χ0v) is 11.0. The number of nitrogens with one attached hydrogen (secondary N) is 1. The summed E-state index contributed by atoms with van der Waals surface area (Å²) in [6.45, 7) is 0. The van der Waals surface area contributed by atoms with Crippen molar-refractivity contribution in [3.63, 3.8) is 0 Å². The van der Waals surface area contributed by atoms with Gasteiger partial charge in [0.05, 0.1) is 21.7 Å². The predicted molar refractivity (Wildman–Crippen MR) is 67.6 cm³/mol. The highest BCUT2D eigenvalue weighted by Gasteiger charge is 2.10. The number of hydrogen-bond acceptors (Lipinski definition) is 5. The zero-order chi connectivity index (χ0) is 13.3. The Balaban J connectivity index is 2.37. The minimum atomic E-state index is -3.26. The average molecular weight is 286 g/mol. The maximum Gasteiger partial charge on any atom is 0.313 e. The topological polar surface area (TPSA) is 100 Å². The Bertz CT molecular complexity index is 706. The van der Waals surface area contributed by atoms with Gasteiger partial charge in [-0.3, -0.25) is 4.79 Å². The van der Waals surface area contributed by atoms with Crippen LogP contribution in [-0.2, 0) is 14.6 Å². The Morgan fingerprint density at radius 2 is 2.22 bits per heavy atom. The van der Waals surface area contributed by atoms with Gasteiger partial charge >= 0.3 is 5.97 Å². The summed E-state index contributed by atoms with van der Waals surface area (Å²) in [6, 6.07) is 4.56. The van der Waals surface area contributed by atoms with E-state index in [0.717, 1.165) is 18.0 Å². The van der Waals surface area contributed by atoms with Crippen LogP contribution in [0.15, 0.2) is 28.3 Å². The number of benzene rings is 1. The first-order chi connectivity index (χ1) is 8.36. The molecule has 0 saturated carbocycles. The van der Waals surface area contributed by atoms with E-state index < -0.39 is 15.8 Å². The number of imidazole rings is 1. The van der Waals surface area contributed by atoms with Gasteiger partial charge in [0.15, 0.2) is 15.0 Å². The molecule has 0 fully saturated rings. The third-order valence-corrected chi connectivity index (χ3v) is 4.16. The summed E-state index contributed by atoms with van der Waals surface area (Å²) in [7, 11) is -3.26. The number of aliphatic carboxylic acids is 1. The van der Waals surface area contributed by atoms with Crippen LogP contribution in [0.2, 0.25) is 0 Å². The number of aromatic nitrogens is 2. The number of carboxylic acid groups (broad SMARTS) is 1. The van der Waals surface area contributed by atoms with Gasteiger partial charge in [-0.05, 0) is 18.2 Å². The van der Waals surface area contributed by atoms with Gasteiger partial charge in [0, 0.05) is 6.26 Å². The minimum Gasteiger partial charge on any atom is -0.481 e. The van der Waals surface area contributed by atoms with Crippen LogP contribution in [0.5, 0.6) is 0 Å². The molecule has 1 aromatic carbocycles. The number of H-pyrrole nitrogens is 1. The maximum absolute atomic E-state index is 11.4. The fourth-order valence-electron chi connectivity index (χ4n) is 1.39.